The quantitative estimate of drug-likeness (QED) is 0.796. The predicted molar refractivity (Wildman–Crippen MR) is 92.4 cm³/mol. The minimum Gasteiger partial charge on any atom is -0.444 e. The van der Waals surface area contributed by atoms with Crippen LogP contribution >= 0.6 is 0 Å². The van der Waals surface area contributed by atoms with E-state index in [-0.39, 0.29) is 12.6 Å². The second-order valence-electron chi connectivity index (χ2n) is 7.44. The minimum absolute atomic E-state index is 0.0915. The number of aromatic nitrogens is 2. The van der Waals surface area contributed by atoms with Gasteiger partial charge in [-0.15, -0.1) is 0 Å². The van der Waals surface area contributed by atoms with Gasteiger partial charge in [-0.1, -0.05) is 0 Å². The van der Waals surface area contributed by atoms with Crippen LogP contribution in [0.5, 0.6) is 0 Å². The maximum atomic E-state index is 12.5. The fourth-order valence-electron chi connectivity index (χ4n) is 3.03. The second-order valence-corrected chi connectivity index (χ2v) is 9.12. The summed E-state index contributed by atoms with van der Waals surface area (Å²) in [4.78, 5) is 14.1. The Morgan fingerprint density at radius 1 is 1.40 bits per heavy atom. The summed E-state index contributed by atoms with van der Waals surface area (Å²) in [6, 6.07) is -0.0915. The van der Waals surface area contributed by atoms with Crippen molar-refractivity contribution in [1.29, 1.82) is 0 Å². The first-order valence-corrected chi connectivity index (χ1v) is 9.84. The van der Waals surface area contributed by atoms with E-state index in [1.807, 2.05) is 27.7 Å². The number of amides is 1. The maximum Gasteiger partial charge on any atom is 0.410 e. The van der Waals surface area contributed by atoms with Crippen LogP contribution in [0.25, 0.3) is 0 Å². The number of hydrogen-bond acceptors (Lipinski definition) is 5. The number of nitrogens with zero attached hydrogens (tertiary/aromatic N) is 4. The molecule has 0 bridgehead atoms. The van der Waals surface area contributed by atoms with Crippen LogP contribution < -0.4 is 9.03 Å². The van der Waals surface area contributed by atoms with Crippen LogP contribution in [-0.4, -0.2) is 53.9 Å². The van der Waals surface area contributed by atoms with Gasteiger partial charge in [0.05, 0.1) is 36.7 Å². The molecule has 9 nitrogen and oxygen atoms in total. The molecule has 3 rings (SSSR count). The van der Waals surface area contributed by atoms with Crippen LogP contribution in [0.2, 0.25) is 0 Å². The van der Waals surface area contributed by atoms with Gasteiger partial charge in [0.25, 0.3) is 0 Å². The van der Waals surface area contributed by atoms with Crippen molar-refractivity contribution in [1.82, 2.24) is 19.4 Å². The minimum atomic E-state index is -3.56. The highest BCUT2D eigenvalue weighted by Crippen LogP contribution is 2.30. The van der Waals surface area contributed by atoms with Crippen molar-refractivity contribution in [2.75, 3.05) is 17.4 Å². The normalized spacial score (nSPS) is 23.3. The Morgan fingerprint density at radius 3 is 2.76 bits per heavy atom. The van der Waals surface area contributed by atoms with Gasteiger partial charge in [-0.05, 0) is 34.1 Å². The summed E-state index contributed by atoms with van der Waals surface area (Å²) in [7, 11) is -3.56. The van der Waals surface area contributed by atoms with Crippen LogP contribution in [0.15, 0.2) is 6.20 Å². The zero-order valence-corrected chi connectivity index (χ0v) is 15.8. The average molecular weight is 371 g/mol. The third-order valence-corrected chi connectivity index (χ3v) is 5.75. The number of carbonyl (C=O) groups excluding carboxylic acids is 1. The number of rotatable bonds is 1. The standard InChI is InChI=1S/C15H25N5O4S/c1-11-9-19-13(10-18(11)14(21)24-15(2,3)4)12(8-16-19)20-7-5-6-17-25(20,22)23/h8,11,17H,5-7,9-10H2,1-4H3/t11-/m0/s1. The van der Waals surface area contributed by atoms with E-state index in [0.29, 0.717) is 31.0 Å². The highest BCUT2D eigenvalue weighted by atomic mass is 32.2. The van der Waals surface area contributed by atoms with E-state index in [9.17, 15) is 13.2 Å². The van der Waals surface area contributed by atoms with Crippen molar-refractivity contribution >= 4 is 22.0 Å². The van der Waals surface area contributed by atoms with Gasteiger partial charge in [0.2, 0.25) is 0 Å². The number of hydrogen-bond donors (Lipinski definition) is 1. The molecule has 2 aliphatic heterocycles. The molecule has 0 spiro atoms. The number of fused-ring (bicyclic) bond motifs is 1. The smallest absolute Gasteiger partial charge is 0.410 e. The molecule has 0 aromatic carbocycles. The van der Waals surface area contributed by atoms with E-state index in [0.717, 1.165) is 6.42 Å². The number of ether oxygens (including phenoxy) is 1. The van der Waals surface area contributed by atoms with Gasteiger partial charge in [-0.25, -0.2) is 4.79 Å². The van der Waals surface area contributed by atoms with E-state index in [2.05, 4.69) is 9.82 Å². The zero-order chi connectivity index (χ0) is 18.4. The average Bonchev–Trinajstić information content (AvgIpc) is 2.86. The van der Waals surface area contributed by atoms with Gasteiger partial charge in [-0.3, -0.25) is 13.9 Å². The molecule has 1 aromatic rings. The molecular formula is C15H25N5O4S. The van der Waals surface area contributed by atoms with Gasteiger partial charge >= 0.3 is 16.3 Å². The Bertz CT molecular complexity index is 767. The topological polar surface area (TPSA) is 96.8 Å². The van der Waals surface area contributed by atoms with Gasteiger partial charge in [-0.2, -0.15) is 18.2 Å². The van der Waals surface area contributed by atoms with E-state index in [4.69, 9.17) is 4.74 Å². The molecule has 10 heteroatoms. The molecule has 1 atom stereocenters. The monoisotopic (exact) mass is 371 g/mol. The van der Waals surface area contributed by atoms with Crippen molar-refractivity contribution < 1.29 is 17.9 Å². The summed E-state index contributed by atoms with van der Waals surface area (Å²) in [5.41, 5.74) is 0.640. The van der Waals surface area contributed by atoms with Gasteiger partial charge < -0.3 is 4.74 Å². The first-order valence-electron chi connectivity index (χ1n) is 8.40. The second kappa shape index (κ2) is 6.17. The SMILES string of the molecule is C[C@H]1Cn2ncc(N3CCCNS3(=O)=O)c2CN1C(=O)OC(C)(C)C. The molecule has 0 radical (unpaired) electrons. The first kappa shape index (κ1) is 18.0. The summed E-state index contributed by atoms with van der Waals surface area (Å²) < 4.78 is 35.7. The molecule has 0 unspecified atom stereocenters. The lowest BCUT2D eigenvalue weighted by Gasteiger charge is -2.36. The highest BCUT2D eigenvalue weighted by Gasteiger charge is 2.36. The number of anilines is 1. The van der Waals surface area contributed by atoms with E-state index >= 15 is 0 Å². The molecule has 1 saturated heterocycles. The molecule has 2 aliphatic rings. The highest BCUT2D eigenvalue weighted by molar-refractivity contribution is 7.90. The van der Waals surface area contributed by atoms with Gasteiger partial charge in [0, 0.05) is 13.1 Å². The lowest BCUT2D eigenvalue weighted by atomic mass is 10.2. The third kappa shape index (κ3) is 3.59. The molecule has 0 aliphatic carbocycles. The van der Waals surface area contributed by atoms with Crippen LogP contribution in [0.3, 0.4) is 0 Å². The van der Waals surface area contributed by atoms with Crippen LogP contribution in [0.4, 0.5) is 10.5 Å². The molecule has 25 heavy (non-hydrogen) atoms. The Hall–Kier alpha value is -1.81. The fraction of sp³-hybridized carbons (Fsp3) is 0.733. The molecule has 0 saturated carbocycles. The zero-order valence-electron chi connectivity index (χ0n) is 15.0. The van der Waals surface area contributed by atoms with Crippen LogP contribution in [0.1, 0.15) is 39.8 Å². The van der Waals surface area contributed by atoms with Crippen molar-refractivity contribution in [3.05, 3.63) is 11.9 Å². The predicted octanol–water partition coefficient (Wildman–Crippen LogP) is 1.07. The van der Waals surface area contributed by atoms with Crippen molar-refractivity contribution in [2.24, 2.45) is 0 Å². The summed E-state index contributed by atoms with van der Waals surface area (Å²) >= 11 is 0. The van der Waals surface area contributed by atoms with E-state index in [1.165, 1.54) is 4.31 Å². The largest absolute Gasteiger partial charge is 0.444 e. The Labute approximate surface area is 148 Å². The van der Waals surface area contributed by atoms with Crippen LogP contribution in [0, 0.1) is 0 Å². The molecule has 3 heterocycles. The number of carbonyl (C=O) groups is 1. The Kier molecular flexibility index (Phi) is 4.44. The fourth-order valence-corrected chi connectivity index (χ4v) is 4.37. The summed E-state index contributed by atoms with van der Waals surface area (Å²) in [5, 5.41) is 4.32. The summed E-state index contributed by atoms with van der Waals surface area (Å²) in [6.07, 6.45) is 1.87. The first-order chi connectivity index (χ1) is 11.6. The Morgan fingerprint density at radius 2 is 2.12 bits per heavy atom. The molecule has 1 N–H and O–H groups in total. The van der Waals surface area contributed by atoms with Gasteiger partial charge in [0.15, 0.2) is 0 Å². The molecule has 1 amide bonds. The molecule has 140 valence electrons. The summed E-state index contributed by atoms with van der Waals surface area (Å²) in [5.74, 6) is 0. The Balaban J connectivity index is 1.89. The van der Waals surface area contributed by atoms with Gasteiger partial charge in [0.1, 0.15) is 5.60 Å². The lowest BCUT2D eigenvalue weighted by molar-refractivity contribution is 0.00914. The number of nitrogens with one attached hydrogen (secondary N) is 1. The summed E-state index contributed by atoms with van der Waals surface area (Å²) in [6.45, 7) is 8.98. The van der Waals surface area contributed by atoms with Crippen molar-refractivity contribution in [3.8, 4) is 0 Å². The van der Waals surface area contributed by atoms with Crippen LogP contribution in [-0.2, 0) is 28.0 Å². The molecular weight excluding hydrogens is 346 g/mol. The lowest BCUT2D eigenvalue weighted by Crippen LogP contribution is -2.49. The van der Waals surface area contributed by atoms with E-state index in [1.54, 1.807) is 15.8 Å². The van der Waals surface area contributed by atoms with Crippen molar-refractivity contribution in [3.63, 3.8) is 0 Å². The molecule has 1 fully saturated rings. The van der Waals surface area contributed by atoms with E-state index < -0.39 is 21.9 Å². The van der Waals surface area contributed by atoms with Crippen molar-refractivity contribution in [2.45, 2.75) is 58.8 Å². The maximum absolute atomic E-state index is 12.5. The third-order valence-electron chi connectivity index (χ3n) is 4.23. The molecule has 1 aromatic heterocycles.